The second-order valence-corrected chi connectivity index (χ2v) is 3.45. The van der Waals surface area contributed by atoms with Gasteiger partial charge in [-0.15, -0.1) is 0 Å². The molecule has 0 spiro atoms. The number of carbonyl (C=O) groups excluding carboxylic acids is 1. The quantitative estimate of drug-likeness (QED) is 0.579. The van der Waals surface area contributed by atoms with E-state index in [0.29, 0.717) is 0 Å². The van der Waals surface area contributed by atoms with Gasteiger partial charge in [0.05, 0.1) is 18.1 Å². The highest BCUT2D eigenvalue weighted by molar-refractivity contribution is 5.87. The maximum Gasteiger partial charge on any atom is 0.310 e. The summed E-state index contributed by atoms with van der Waals surface area (Å²) in [6.45, 7) is 0. The predicted octanol–water partition coefficient (Wildman–Crippen LogP) is -0.613. The van der Waals surface area contributed by atoms with Gasteiger partial charge in [0.25, 0.3) is 0 Å². The van der Waals surface area contributed by atoms with E-state index in [4.69, 9.17) is 9.84 Å². The van der Waals surface area contributed by atoms with Crippen LogP contribution in [-0.2, 0) is 14.3 Å². The minimum atomic E-state index is -0.976. The first kappa shape index (κ1) is 9.21. The predicted molar refractivity (Wildman–Crippen MR) is 46.5 cm³/mol. The van der Waals surface area contributed by atoms with E-state index in [2.05, 4.69) is 5.32 Å². The fourth-order valence-electron chi connectivity index (χ4n) is 2.08. The van der Waals surface area contributed by atoms with Gasteiger partial charge >= 0.3 is 5.97 Å². The molecule has 1 amide bonds. The fraction of sp³-hybridized carbons (Fsp3) is 0.556. The number of rotatable bonds is 2. The van der Waals surface area contributed by atoms with Crippen molar-refractivity contribution in [3.63, 3.8) is 0 Å². The van der Waals surface area contributed by atoms with Gasteiger partial charge in [0.15, 0.2) is 0 Å². The van der Waals surface area contributed by atoms with Crippen molar-refractivity contribution in [2.45, 2.75) is 12.2 Å². The summed E-state index contributed by atoms with van der Waals surface area (Å²) < 4.78 is 5.33. The van der Waals surface area contributed by atoms with E-state index in [1.807, 2.05) is 0 Å². The third-order valence-electron chi connectivity index (χ3n) is 2.73. The number of carboxylic acids is 1. The maximum atomic E-state index is 11.4. The smallest absolute Gasteiger partial charge is 0.310 e. The summed E-state index contributed by atoms with van der Waals surface area (Å²) in [7, 11) is 1.50. The van der Waals surface area contributed by atoms with Crippen molar-refractivity contribution in [3.05, 3.63) is 12.2 Å². The average Bonchev–Trinajstić information content (AvgIpc) is 2.74. The Morgan fingerprint density at radius 2 is 1.86 bits per heavy atom. The van der Waals surface area contributed by atoms with Crippen molar-refractivity contribution < 1.29 is 19.4 Å². The van der Waals surface area contributed by atoms with Crippen LogP contribution in [-0.4, -0.2) is 36.2 Å². The number of hydrogen-bond acceptors (Lipinski definition) is 3. The molecule has 0 aromatic rings. The first-order valence-electron chi connectivity index (χ1n) is 4.43. The lowest BCUT2D eigenvalue weighted by Gasteiger charge is -2.19. The molecule has 1 fully saturated rings. The lowest BCUT2D eigenvalue weighted by Crippen LogP contribution is -2.41. The SMILES string of the molecule is CNC(=O)C1C(C(=O)O)[C@@H]2C=C[C@H]1O2. The molecular formula is C9H11NO4. The molecule has 0 aromatic carbocycles. The van der Waals surface area contributed by atoms with E-state index in [1.165, 1.54) is 7.05 Å². The molecule has 0 aliphatic carbocycles. The molecule has 2 heterocycles. The van der Waals surface area contributed by atoms with Crippen LogP contribution in [0.1, 0.15) is 0 Å². The molecule has 2 rings (SSSR count). The van der Waals surface area contributed by atoms with E-state index in [9.17, 15) is 9.59 Å². The molecular weight excluding hydrogens is 186 g/mol. The standard InChI is InChI=1S/C9H11NO4/c1-10-8(11)6-4-2-3-5(14-4)7(6)9(12)13/h2-7H,1H3,(H,10,11)(H,12,13)/t4-,5+,6?,7?/m1/s1. The van der Waals surface area contributed by atoms with Gasteiger partial charge in [0, 0.05) is 7.05 Å². The molecule has 0 radical (unpaired) electrons. The molecule has 14 heavy (non-hydrogen) atoms. The van der Waals surface area contributed by atoms with Gasteiger partial charge < -0.3 is 15.2 Å². The fourth-order valence-corrected chi connectivity index (χ4v) is 2.08. The molecule has 0 saturated carbocycles. The zero-order valence-corrected chi connectivity index (χ0v) is 7.64. The Bertz CT molecular complexity index is 312. The van der Waals surface area contributed by atoms with E-state index in [0.717, 1.165) is 0 Å². The molecule has 1 saturated heterocycles. The largest absolute Gasteiger partial charge is 0.481 e. The zero-order valence-electron chi connectivity index (χ0n) is 7.64. The first-order valence-corrected chi connectivity index (χ1v) is 4.43. The number of nitrogens with one attached hydrogen (secondary N) is 1. The second-order valence-electron chi connectivity index (χ2n) is 3.45. The second kappa shape index (κ2) is 3.09. The number of amides is 1. The Morgan fingerprint density at radius 1 is 1.29 bits per heavy atom. The number of aliphatic carboxylic acids is 1. The van der Waals surface area contributed by atoms with Gasteiger partial charge in [-0.05, 0) is 0 Å². The Morgan fingerprint density at radius 3 is 2.36 bits per heavy atom. The number of ether oxygens (including phenoxy) is 1. The van der Waals surface area contributed by atoms with Crippen molar-refractivity contribution in [2.75, 3.05) is 7.05 Å². The van der Waals surface area contributed by atoms with Crippen LogP contribution >= 0.6 is 0 Å². The molecule has 76 valence electrons. The van der Waals surface area contributed by atoms with Crippen LogP contribution in [0, 0.1) is 11.8 Å². The van der Waals surface area contributed by atoms with Gasteiger partial charge in [-0.25, -0.2) is 0 Å². The summed E-state index contributed by atoms with van der Waals surface area (Å²) in [5.74, 6) is -2.58. The summed E-state index contributed by atoms with van der Waals surface area (Å²) in [6, 6.07) is 0. The maximum absolute atomic E-state index is 11.4. The van der Waals surface area contributed by atoms with E-state index in [-0.39, 0.29) is 12.0 Å². The highest BCUT2D eigenvalue weighted by Gasteiger charge is 2.52. The van der Waals surface area contributed by atoms with Gasteiger partial charge in [0.1, 0.15) is 5.92 Å². The van der Waals surface area contributed by atoms with Gasteiger partial charge in [-0.2, -0.15) is 0 Å². The van der Waals surface area contributed by atoms with E-state index >= 15 is 0 Å². The summed E-state index contributed by atoms with van der Waals surface area (Å²) in [5.41, 5.74) is 0. The van der Waals surface area contributed by atoms with Crippen LogP contribution < -0.4 is 5.32 Å². The topological polar surface area (TPSA) is 75.6 Å². The van der Waals surface area contributed by atoms with Crippen LogP contribution in [0.4, 0.5) is 0 Å². The molecule has 2 aliphatic rings. The van der Waals surface area contributed by atoms with Crippen molar-refractivity contribution in [1.82, 2.24) is 5.32 Å². The highest BCUT2D eigenvalue weighted by Crippen LogP contribution is 2.39. The van der Waals surface area contributed by atoms with Crippen LogP contribution in [0.25, 0.3) is 0 Å². The molecule has 2 unspecified atom stereocenters. The molecule has 2 aliphatic heterocycles. The van der Waals surface area contributed by atoms with Crippen molar-refractivity contribution >= 4 is 11.9 Å². The van der Waals surface area contributed by atoms with Crippen LogP contribution in [0.5, 0.6) is 0 Å². The summed E-state index contributed by atoms with van der Waals surface area (Å²) in [6.07, 6.45) is 2.65. The monoisotopic (exact) mass is 197 g/mol. The number of carboxylic acid groups (broad SMARTS) is 1. The van der Waals surface area contributed by atoms with Gasteiger partial charge in [-0.3, -0.25) is 9.59 Å². The Hall–Kier alpha value is -1.36. The van der Waals surface area contributed by atoms with Crippen LogP contribution in [0.15, 0.2) is 12.2 Å². The van der Waals surface area contributed by atoms with Crippen molar-refractivity contribution in [1.29, 1.82) is 0 Å². The third-order valence-corrected chi connectivity index (χ3v) is 2.73. The molecule has 5 heteroatoms. The summed E-state index contributed by atoms with van der Waals surface area (Å²) >= 11 is 0. The van der Waals surface area contributed by atoms with Crippen LogP contribution in [0.2, 0.25) is 0 Å². The molecule has 0 aromatic heterocycles. The number of hydrogen-bond donors (Lipinski definition) is 2. The summed E-state index contributed by atoms with van der Waals surface area (Å²) in [5, 5.41) is 11.4. The average molecular weight is 197 g/mol. The van der Waals surface area contributed by atoms with Crippen molar-refractivity contribution in [3.8, 4) is 0 Å². The minimum Gasteiger partial charge on any atom is -0.481 e. The third kappa shape index (κ3) is 1.13. The summed E-state index contributed by atoms with van der Waals surface area (Å²) in [4.78, 5) is 22.4. The van der Waals surface area contributed by atoms with Crippen LogP contribution in [0.3, 0.4) is 0 Å². The lowest BCUT2D eigenvalue weighted by atomic mass is 9.82. The van der Waals surface area contributed by atoms with Gasteiger partial charge in [0.2, 0.25) is 5.91 Å². The van der Waals surface area contributed by atoms with E-state index in [1.54, 1.807) is 12.2 Å². The highest BCUT2D eigenvalue weighted by atomic mass is 16.5. The lowest BCUT2D eigenvalue weighted by molar-refractivity contribution is -0.146. The normalized spacial score (nSPS) is 38.6. The number of carbonyl (C=O) groups is 2. The van der Waals surface area contributed by atoms with Crippen molar-refractivity contribution in [2.24, 2.45) is 11.8 Å². The Kier molecular flexibility index (Phi) is 2.03. The molecule has 2 bridgehead atoms. The zero-order chi connectivity index (χ0) is 10.3. The molecule has 5 nitrogen and oxygen atoms in total. The molecule has 2 N–H and O–H groups in total. The van der Waals surface area contributed by atoms with Gasteiger partial charge in [-0.1, -0.05) is 12.2 Å². The minimum absolute atomic E-state index is 0.269. The Labute approximate surface area is 80.7 Å². The number of fused-ring (bicyclic) bond motifs is 2. The molecule has 4 atom stereocenters. The Balaban J connectivity index is 2.26. The first-order chi connectivity index (χ1) is 6.65. The van der Waals surface area contributed by atoms with E-state index < -0.39 is 23.9 Å².